The number of methoxy groups -OCH3 is 1. The predicted octanol–water partition coefficient (Wildman–Crippen LogP) is 3.09. The Morgan fingerprint density at radius 3 is 2.24 bits per heavy atom. The monoisotopic (exact) mass is 383 g/mol. The second-order valence-electron chi connectivity index (χ2n) is 5.28. The van der Waals surface area contributed by atoms with E-state index in [1.54, 1.807) is 42.5 Å². The number of ether oxygens (including phenoxy) is 1. The molecule has 0 fully saturated rings. The Hall–Kier alpha value is -2.29. The van der Waals surface area contributed by atoms with Crippen LogP contribution < -0.4 is 10.0 Å². The first kappa shape index (κ1) is 19.0. The lowest BCUT2D eigenvalue weighted by molar-refractivity contribution is 0.0601. The van der Waals surface area contributed by atoms with Crippen molar-refractivity contribution in [2.45, 2.75) is 0 Å². The fourth-order valence-corrected chi connectivity index (χ4v) is 2.66. The molecule has 134 valence electrons. The number of rotatable bonds is 6. The van der Waals surface area contributed by atoms with Gasteiger partial charge in [0.05, 0.1) is 23.4 Å². The topological polar surface area (TPSA) is 87.7 Å². The lowest BCUT2D eigenvalue weighted by atomic mass is 10.2. The van der Waals surface area contributed by atoms with Crippen LogP contribution in [0.1, 0.15) is 10.4 Å². The molecule has 0 bridgehead atoms. The minimum absolute atomic E-state index is 0.366. The molecule has 0 radical (unpaired) electrons. The molecule has 2 aromatic rings. The molecule has 0 spiro atoms. The predicted molar refractivity (Wildman–Crippen MR) is 98.7 cm³/mol. The number of anilines is 3. The average molecular weight is 384 g/mol. The molecule has 2 N–H and O–H groups in total. The molecule has 7 nitrogen and oxygen atoms in total. The highest BCUT2D eigenvalue weighted by atomic mass is 35.5. The van der Waals surface area contributed by atoms with Crippen molar-refractivity contribution in [3.63, 3.8) is 0 Å². The second-order valence-corrected chi connectivity index (χ2v) is 7.57. The maximum absolute atomic E-state index is 11.8. The number of benzene rings is 2. The molecule has 9 heteroatoms. The van der Waals surface area contributed by atoms with E-state index in [0.29, 0.717) is 27.6 Å². The van der Waals surface area contributed by atoms with E-state index in [2.05, 4.69) is 14.8 Å². The number of hydrogen-bond donors (Lipinski definition) is 2. The molecule has 0 heterocycles. The van der Waals surface area contributed by atoms with Crippen LogP contribution in [0.3, 0.4) is 0 Å². The van der Waals surface area contributed by atoms with Crippen molar-refractivity contribution in [2.24, 2.45) is 0 Å². The van der Waals surface area contributed by atoms with E-state index >= 15 is 0 Å². The van der Waals surface area contributed by atoms with Crippen molar-refractivity contribution in [2.75, 3.05) is 31.2 Å². The summed E-state index contributed by atoms with van der Waals surface area (Å²) in [7, 11) is 0.624. The zero-order chi connectivity index (χ0) is 18.6. The number of hydrogen-bond acceptors (Lipinski definition) is 5. The Balaban J connectivity index is 2.18. The van der Waals surface area contributed by atoms with Crippen LogP contribution in [-0.4, -0.2) is 39.9 Å². The molecule has 0 aliphatic rings. The van der Waals surface area contributed by atoms with Crippen LogP contribution >= 0.6 is 11.6 Å². The van der Waals surface area contributed by atoms with Crippen molar-refractivity contribution in [1.82, 2.24) is 4.31 Å². The maximum Gasteiger partial charge on any atom is 0.337 e. The first-order valence-corrected chi connectivity index (χ1v) is 9.00. The number of nitrogens with zero attached hydrogens (tertiary/aromatic N) is 1. The quantitative estimate of drug-likeness (QED) is 0.748. The Morgan fingerprint density at radius 2 is 1.68 bits per heavy atom. The zero-order valence-electron chi connectivity index (χ0n) is 13.9. The van der Waals surface area contributed by atoms with Crippen LogP contribution in [0.15, 0.2) is 42.5 Å². The molecule has 2 rings (SSSR count). The number of carbonyl (C=O) groups is 1. The van der Waals surface area contributed by atoms with Crippen LogP contribution in [0.4, 0.5) is 17.1 Å². The molecule has 0 unspecified atom stereocenters. The molecule has 25 heavy (non-hydrogen) atoms. The van der Waals surface area contributed by atoms with E-state index in [-0.39, 0.29) is 0 Å². The van der Waals surface area contributed by atoms with Crippen molar-refractivity contribution in [1.29, 1.82) is 0 Å². The van der Waals surface area contributed by atoms with Gasteiger partial charge in [0, 0.05) is 25.5 Å². The molecule has 0 saturated heterocycles. The van der Waals surface area contributed by atoms with Crippen molar-refractivity contribution in [3.05, 3.63) is 53.1 Å². The van der Waals surface area contributed by atoms with Gasteiger partial charge in [-0.15, -0.1) is 0 Å². The van der Waals surface area contributed by atoms with E-state index in [0.717, 1.165) is 4.31 Å². The van der Waals surface area contributed by atoms with Gasteiger partial charge in [0.25, 0.3) is 0 Å². The summed E-state index contributed by atoms with van der Waals surface area (Å²) < 4.78 is 31.8. The zero-order valence-corrected chi connectivity index (χ0v) is 15.5. The summed E-state index contributed by atoms with van der Waals surface area (Å²) in [5.74, 6) is -0.465. The number of halogens is 1. The normalized spacial score (nSPS) is 11.2. The third kappa shape index (κ3) is 4.85. The standard InChI is InChI=1S/C16H18ClN3O4S/c1-20(2)25(22,23)19-13-7-5-12(6-8-13)18-15-10-11(16(21)24-3)4-9-14(15)17/h4-10,18-19H,1-3H3. The van der Waals surface area contributed by atoms with E-state index in [1.165, 1.54) is 21.2 Å². The molecule has 2 aromatic carbocycles. The minimum atomic E-state index is -3.56. The van der Waals surface area contributed by atoms with Gasteiger partial charge in [0.15, 0.2) is 0 Å². The van der Waals surface area contributed by atoms with Gasteiger partial charge in [0.1, 0.15) is 0 Å². The summed E-state index contributed by atoms with van der Waals surface area (Å²) in [5, 5.41) is 3.51. The van der Waals surface area contributed by atoms with E-state index < -0.39 is 16.2 Å². The Labute approximate surface area is 151 Å². The number of esters is 1. The summed E-state index contributed by atoms with van der Waals surface area (Å²) in [4.78, 5) is 11.6. The van der Waals surface area contributed by atoms with Crippen LogP contribution in [0.25, 0.3) is 0 Å². The SMILES string of the molecule is COC(=O)c1ccc(Cl)c(Nc2ccc(NS(=O)(=O)N(C)C)cc2)c1. The summed E-state index contributed by atoms with van der Waals surface area (Å²) in [6.45, 7) is 0. The van der Waals surface area contributed by atoms with E-state index in [4.69, 9.17) is 11.6 Å². The smallest absolute Gasteiger partial charge is 0.337 e. The highest BCUT2D eigenvalue weighted by Gasteiger charge is 2.13. The molecule has 0 aliphatic heterocycles. The molecule has 0 atom stereocenters. The second kappa shape index (κ2) is 7.73. The van der Waals surface area contributed by atoms with Crippen molar-refractivity contribution < 1.29 is 17.9 Å². The van der Waals surface area contributed by atoms with Gasteiger partial charge in [-0.1, -0.05) is 11.6 Å². The summed E-state index contributed by atoms with van der Waals surface area (Å²) in [6.07, 6.45) is 0. The van der Waals surface area contributed by atoms with Crippen molar-refractivity contribution in [3.8, 4) is 0 Å². The van der Waals surface area contributed by atoms with Crippen LogP contribution in [0.2, 0.25) is 5.02 Å². The van der Waals surface area contributed by atoms with E-state index in [9.17, 15) is 13.2 Å². The Morgan fingerprint density at radius 1 is 1.08 bits per heavy atom. The average Bonchev–Trinajstić information content (AvgIpc) is 2.57. The lowest BCUT2D eigenvalue weighted by Gasteiger charge is -2.14. The summed E-state index contributed by atoms with van der Waals surface area (Å²) in [5.41, 5.74) is 2.00. The van der Waals surface area contributed by atoms with Gasteiger partial charge < -0.3 is 10.1 Å². The van der Waals surface area contributed by atoms with Gasteiger partial charge in [-0.05, 0) is 42.5 Å². The van der Waals surface area contributed by atoms with Crippen molar-refractivity contribution >= 4 is 44.8 Å². The first-order chi connectivity index (χ1) is 11.7. The summed E-state index contributed by atoms with van der Waals surface area (Å²) >= 11 is 6.14. The molecule has 0 aromatic heterocycles. The molecular formula is C16H18ClN3O4S. The van der Waals surface area contributed by atoms with Gasteiger partial charge >= 0.3 is 16.2 Å². The Kier molecular flexibility index (Phi) is 5.89. The van der Waals surface area contributed by atoms with Crippen LogP contribution in [0, 0.1) is 0 Å². The highest BCUT2D eigenvalue weighted by Crippen LogP contribution is 2.27. The largest absolute Gasteiger partial charge is 0.465 e. The number of carbonyl (C=O) groups excluding carboxylic acids is 1. The highest BCUT2D eigenvalue weighted by molar-refractivity contribution is 7.90. The van der Waals surface area contributed by atoms with Gasteiger partial charge in [0.2, 0.25) is 0 Å². The van der Waals surface area contributed by atoms with Gasteiger partial charge in [-0.25, -0.2) is 4.79 Å². The maximum atomic E-state index is 11.8. The Bertz CT molecular complexity index is 867. The lowest BCUT2D eigenvalue weighted by Crippen LogP contribution is -2.28. The molecule has 0 amide bonds. The first-order valence-electron chi connectivity index (χ1n) is 7.18. The fraction of sp³-hybridized carbons (Fsp3) is 0.188. The van der Waals surface area contributed by atoms with Crippen LogP contribution in [-0.2, 0) is 14.9 Å². The molecule has 0 saturated carbocycles. The number of nitrogens with one attached hydrogen (secondary N) is 2. The third-order valence-corrected chi connectivity index (χ3v) is 5.06. The van der Waals surface area contributed by atoms with Gasteiger partial charge in [-0.2, -0.15) is 12.7 Å². The van der Waals surface area contributed by atoms with Gasteiger partial charge in [-0.3, -0.25) is 4.72 Å². The molecular weight excluding hydrogens is 366 g/mol. The fourth-order valence-electron chi connectivity index (χ4n) is 1.88. The van der Waals surface area contributed by atoms with Crippen LogP contribution in [0.5, 0.6) is 0 Å². The van der Waals surface area contributed by atoms with E-state index in [1.807, 2.05) is 0 Å². The molecule has 0 aliphatic carbocycles. The third-order valence-electron chi connectivity index (χ3n) is 3.28. The minimum Gasteiger partial charge on any atom is -0.465 e. The summed E-state index contributed by atoms with van der Waals surface area (Å²) in [6, 6.07) is 11.3.